The summed E-state index contributed by atoms with van der Waals surface area (Å²) in [6, 6.07) is 14.0. The molecule has 0 unspecified atom stereocenters. The normalized spacial score (nSPS) is 24.5. The van der Waals surface area contributed by atoms with Gasteiger partial charge in [0.15, 0.2) is 6.17 Å². The second-order valence-corrected chi connectivity index (χ2v) is 8.56. The molecule has 2 aromatic carbocycles. The van der Waals surface area contributed by atoms with E-state index in [0.29, 0.717) is 0 Å². The van der Waals surface area contributed by atoms with Crippen LogP contribution >= 0.6 is 0 Å². The lowest BCUT2D eigenvalue weighted by atomic mass is 9.93. The van der Waals surface area contributed by atoms with Gasteiger partial charge < -0.3 is 18.9 Å². The molecule has 0 radical (unpaired) electrons. The summed E-state index contributed by atoms with van der Waals surface area (Å²) in [6.45, 7) is 9.04. The van der Waals surface area contributed by atoms with Crippen LogP contribution in [-0.4, -0.2) is 38.3 Å². The first-order valence-electron chi connectivity index (χ1n) is 9.99. The zero-order valence-corrected chi connectivity index (χ0v) is 17.9. The molecule has 0 N–H and O–H groups in total. The lowest BCUT2D eigenvalue weighted by molar-refractivity contribution is -0.225. The average Bonchev–Trinajstić information content (AvgIpc) is 2.72. The van der Waals surface area contributed by atoms with Gasteiger partial charge >= 0.3 is 5.97 Å². The molecule has 0 amide bonds. The maximum absolute atomic E-state index is 15.0. The molecule has 0 aromatic heterocycles. The molecule has 0 aliphatic carbocycles. The second-order valence-electron chi connectivity index (χ2n) is 8.56. The summed E-state index contributed by atoms with van der Waals surface area (Å²) in [5.74, 6) is -1.07. The molecule has 1 aliphatic heterocycles. The van der Waals surface area contributed by atoms with Crippen LogP contribution in [0.15, 0.2) is 54.8 Å². The van der Waals surface area contributed by atoms with Crippen molar-refractivity contribution in [2.24, 2.45) is 11.3 Å². The molecule has 1 saturated heterocycles. The topological polar surface area (TPSA) is 54.0 Å². The highest BCUT2D eigenvalue weighted by atomic mass is 19.1. The molecule has 3 rings (SSSR count). The molecule has 6 heteroatoms. The van der Waals surface area contributed by atoms with Gasteiger partial charge in [0, 0.05) is 7.11 Å². The Morgan fingerprint density at radius 1 is 1.17 bits per heavy atom. The smallest absolute Gasteiger partial charge is 0.311 e. The third-order valence-electron chi connectivity index (χ3n) is 5.14. The van der Waals surface area contributed by atoms with Crippen LogP contribution in [-0.2, 0) is 30.3 Å². The van der Waals surface area contributed by atoms with Crippen molar-refractivity contribution in [3.63, 3.8) is 0 Å². The van der Waals surface area contributed by atoms with Gasteiger partial charge in [-0.05, 0) is 43.2 Å². The highest BCUT2D eigenvalue weighted by Crippen LogP contribution is 2.34. The van der Waals surface area contributed by atoms with Crippen molar-refractivity contribution >= 4 is 16.7 Å². The fraction of sp³-hybridized carbons (Fsp3) is 0.458. The third-order valence-corrected chi connectivity index (χ3v) is 5.14. The van der Waals surface area contributed by atoms with Crippen molar-refractivity contribution in [3.8, 4) is 0 Å². The van der Waals surface area contributed by atoms with Crippen molar-refractivity contribution in [1.29, 1.82) is 0 Å². The van der Waals surface area contributed by atoms with E-state index in [4.69, 9.17) is 18.9 Å². The molecule has 2 aromatic rings. The number of fused-ring (bicyclic) bond motifs is 1. The quantitative estimate of drug-likeness (QED) is 0.634. The zero-order valence-electron chi connectivity index (χ0n) is 17.9. The van der Waals surface area contributed by atoms with Crippen LogP contribution in [0.5, 0.6) is 0 Å². The molecular weight excluding hydrogens is 387 g/mol. The van der Waals surface area contributed by atoms with Gasteiger partial charge in [0.2, 0.25) is 6.29 Å². The van der Waals surface area contributed by atoms with Crippen molar-refractivity contribution in [2.75, 3.05) is 13.7 Å². The van der Waals surface area contributed by atoms with Gasteiger partial charge in [-0.25, -0.2) is 4.39 Å². The number of hydrogen-bond acceptors (Lipinski definition) is 5. The van der Waals surface area contributed by atoms with Gasteiger partial charge in [-0.3, -0.25) is 4.79 Å². The largest absolute Gasteiger partial charge is 0.466 e. The van der Waals surface area contributed by atoms with E-state index in [9.17, 15) is 9.18 Å². The monoisotopic (exact) mass is 416 g/mol. The van der Waals surface area contributed by atoms with Crippen molar-refractivity contribution in [2.45, 2.75) is 45.9 Å². The van der Waals surface area contributed by atoms with E-state index in [1.165, 1.54) is 7.11 Å². The minimum Gasteiger partial charge on any atom is -0.466 e. The molecule has 4 atom stereocenters. The summed E-state index contributed by atoms with van der Waals surface area (Å²) in [5, 5.41) is 2.20. The van der Waals surface area contributed by atoms with E-state index in [1.807, 2.05) is 42.5 Å². The maximum Gasteiger partial charge on any atom is 0.311 e. The van der Waals surface area contributed by atoms with Gasteiger partial charge in [-0.1, -0.05) is 43.0 Å². The molecule has 5 nitrogen and oxygen atoms in total. The number of alkyl halides is 1. The van der Waals surface area contributed by atoms with Crippen LogP contribution in [0.4, 0.5) is 4.39 Å². The molecule has 30 heavy (non-hydrogen) atoms. The second kappa shape index (κ2) is 9.14. The molecule has 1 aliphatic rings. The SMILES string of the molecule is C=C1O[C@H](OC)[C@H](COC(=O)C(C)(C)C)[C@@H](OCc2ccc3ccccc3c2)[C@H]1F. The van der Waals surface area contributed by atoms with E-state index < -0.39 is 29.9 Å². The predicted octanol–water partition coefficient (Wildman–Crippen LogP) is 4.79. The number of ether oxygens (including phenoxy) is 4. The fourth-order valence-corrected chi connectivity index (χ4v) is 3.37. The summed E-state index contributed by atoms with van der Waals surface area (Å²) in [5.41, 5.74) is 0.246. The van der Waals surface area contributed by atoms with E-state index in [0.717, 1.165) is 16.3 Å². The van der Waals surface area contributed by atoms with E-state index in [-0.39, 0.29) is 24.9 Å². The fourth-order valence-electron chi connectivity index (χ4n) is 3.37. The van der Waals surface area contributed by atoms with Crippen LogP contribution in [0.3, 0.4) is 0 Å². The number of hydrogen-bond donors (Lipinski definition) is 0. The highest BCUT2D eigenvalue weighted by molar-refractivity contribution is 5.82. The number of halogens is 1. The Labute approximate surface area is 176 Å². The highest BCUT2D eigenvalue weighted by Gasteiger charge is 2.46. The summed E-state index contributed by atoms with van der Waals surface area (Å²) >= 11 is 0. The third kappa shape index (κ3) is 4.99. The van der Waals surface area contributed by atoms with Crippen molar-refractivity contribution in [3.05, 3.63) is 60.4 Å². The Kier molecular flexibility index (Phi) is 6.78. The first kappa shape index (κ1) is 22.2. The summed E-state index contributed by atoms with van der Waals surface area (Å²) in [7, 11) is 1.45. The minimum absolute atomic E-state index is 0.0521. The van der Waals surface area contributed by atoms with E-state index in [1.54, 1.807) is 20.8 Å². The van der Waals surface area contributed by atoms with Crippen LogP contribution in [0.25, 0.3) is 10.8 Å². The number of benzene rings is 2. The Morgan fingerprint density at radius 3 is 2.53 bits per heavy atom. The Bertz CT molecular complexity index is 904. The van der Waals surface area contributed by atoms with Crippen LogP contribution in [0.2, 0.25) is 0 Å². The van der Waals surface area contributed by atoms with Crippen LogP contribution in [0.1, 0.15) is 26.3 Å². The Hall–Kier alpha value is -2.44. The lowest BCUT2D eigenvalue weighted by Crippen LogP contribution is -2.50. The molecule has 1 heterocycles. The zero-order chi connectivity index (χ0) is 21.9. The number of carbonyl (C=O) groups excluding carboxylic acids is 1. The molecule has 1 fully saturated rings. The summed E-state index contributed by atoms with van der Waals surface area (Å²) in [4.78, 5) is 12.2. The average molecular weight is 416 g/mol. The molecular formula is C24H29FO5. The number of methoxy groups -OCH3 is 1. The maximum atomic E-state index is 15.0. The van der Waals surface area contributed by atoms with E-state index in [2.05, 4.69) is 6.58 Å². The molecule has 0 saturated carbocycles. The molecule has 0 spiro atoms. The van der Waals surface area contributed by atoms with Gasteiger partial charge in [0.05, 0.1) is 17.9 Å². The van der Waals surface area contributed by atoms with Crippen LogP contribution < -0.4 is 0 Å². The Balaban J connectivity index is 1.75. The van der Waals surface area contributed by atoms with E-state index >= 15 is 0 Å². The van der Waals surface area contributed by atoms with Crippen molar-refractivity contribution in [1.82, 2.24) is 0 Å². The van der Waals surface area contributed by atoms with Gasteiger partial charge in [-0.15, -0.1) is 0 Å². The number of rotatable bonds is 6. The first-order valence-corrected chi connectivity index (χ1v) is 9.99. The van der Waals surface area contributed by atoms with Crippen molar-refractivity contribution < 1.29 is 28.1 Å². The minimum atomic E-state index is -1.56. The standard InChI is InChI=1S/C24H29FO5/c1-15-20(25)21(19(22(27-5)30-15)14-29-23(26)24(2,3)4)28-13-16-10-11-17-8-6-7-9-18(17)12-16/h6-12,19-22H,1,13-14H2,2-5H3/t19-,20+,21-,22+/m1/s1. The summed E-state index contributed by atoms with van der Waals surface area (Å²) in [6.07, 6.45) is -3.30. The first-order chi connectivity index (χ1) is 14.2. The lowest BCUT2D eigenvalue weighted by Gasteiger charge is -2.40. The Morgan fingerprint density at radius 2 is 1.87 bits per heavy atom. The number of esters is 1. The summed E-state index contributed by atoms with van der Waals surface area (Å²) < 4.78 is 37.2. The van der Waals surface area contributed by atoms with Gasteiger partial charge in [-0.2, -0.15) is 0 Å². The number of carbonyl (C=O) groups is 1. The van der Waals surface area contributed by atoms with Gasteiger partial charge in [0.25, 0.3) is 0 Å². The van der Waals surface area contributed by atoms with Crippen LogP contribution in [0, 0.1) is 11.3 Å². The predicted molar refractivity (Wildman–Crippen MR) is 112 cm³/mol. The van der Waals surface area contributed by atoms with Gasteiger partial charge in [0.1, 0.15) is 18.5 Å². The molecule has 162 valence electrons. The molecule has 0 bridgehead atoms.